The van der Waals surface area contributed by atoms with Crippen LogP contribution in [0.4, 0.5) is 0 Å². The van der Waals surface area contributed by atoms with E-state index in [4.69, 9.17) is 25.5 Å². The summed E-state index contributed by atoms with van der Waals surface area (Å²) < 4.78 is 0. The molecule has 0 aromatic rings. The fourth-order valence-electron chi connectivity index (χ4n) is 0.394. The minimum Gasteiger partial charge on any atom is -0.388 e. The Morgan fingerprint density at radius 3 is 1.73 bits per heavy atom. The van der Waals surface area contributed by atoms with Gasteiger partial charge in [-0.2, -0.15) is 0 Å². The van der Waals surface area contributed by atoms with Gasteiger partial charge in [-0.1, -0.05) is 0 Å². The van der Waals surface area contributed by atoms with Gasteiger partial charge in [-0.15, -0.1) is 0 Å². The van der Waals surface area contributed by atoms with Crippen molar-refractivity contribution in [3.05, 3.63) is 0 Å². The molecule has 66 valence electrons. The maximum Gasteiger partial charge on any atom is 0.279 e. The second kappa shape index (κ2) is 2.84. The molecule has 0 aromatic heterocycles. The molecule has 1 unspecified atom stereocenters. The van der Waals surface area contributed by atoms with Gasteiger partial charge in [0.2, 0.25) is 0 Å². The molecular weight excluding hydrogens is 156 g/mol. The number of rotatable bonds is 3. The predicted molar refractivity (Wildman–Crippen MR) is 32.1 cm³/mol. The van der Waals surface area contributed by atoms with Crippen LogP contribution in [-0.2, 0) is 4.79 Å². The third kappa shape index (κ3) is 1.73. The quantitative estimate of drug-likeness (QED) is 0.224. The van der Waals surface area contributed by atoms with Gasteiger partial charge < -0.3 is 25.5 Å². The lowest BCUT2D eigenvalue weighted by atomic mass is 10.0. The monoisotopic (exact) mass is 166 g/mol. The third-order valence-corrected chi connectivity index (χ3v) is 1.29. The van der Waals surface area contributed by atoms with Crippen LogP contribution in [0.25, 0.3) is 0 Å². The Balaban J connectivity index is 4.66. The van der Waals surface area contributed by atoms with Crippen LogP contribution in [0.3, 0.4) is 0 Å². The lowest BCUT2D eigenvalue weighted by Crippen LogP contribution is -2.61. The van der Waals surface area contributed by atoms with Crippen LogP contribution in [0.5, 0.6) is 0 Å². The molecule has 0 heterocycles. The van der Waals surface area contributed by atoms with Gasteiger partial charge in [-0.25, -0.2) is 0 Å². The van der Waals surface area contributed by atoms with Gasteiger partial charge >= 0.3 is 0 Å². The highest BCUT2D eigenvalue weighted by Crippen LogP contribution is 2.18. The van der Waals surface area contributed by atoms with Crippen molar-refractivity contribution in [3.8, 4) is 0 Å². The van der Waals surface area contributed by atoms with Gasteiger partial charge in [0.1, 0.15) is 6.10 Å². The molecular formula is C5H10O6. The van der Waals surface area contributed by atoms with E-state index in [-0.39, 0.29) is 0 Å². The Hall–Kier alpha value is -0.530. The van der Waals surface area contributed by atoms with Crippen LogP contribution in [0, 0.1) is 0 Å². The normalized spacial score (nSPS) is 16.2. The summed E-state index contributed by atoms with van der Waals surface area (Å²) in [6.45, 7) is 0.894. The van der Waals surface area contributed by atoms with E-state index in [0.717, 1.165) is 6.92 Å². The molecule has 0 bridgehead atoms. The lowest BCUT2D eigenvalue weighted by Gasteiger charge is -2.32. The maximum absolute atomic E-state index is 9.85. The summed E-state index contributed by atoms with van der Waals surface area (Å²) in [5.74, 6) is -6.62. The summed E-state index contributed by atoms with van der Waals surface area (Å²) in [5.41, 5.74) is 0. The van der Waals surface area contributed by atoms with Crippen LogP contribution >= 0.6 is 0 Å². The molecule has 6 heteroatoms. The van der Waals surface area contributed by atoms with Gasteiger partial charge in [-0.05, 0) is 6.92 Å². The molecule has 0 spiro atoms. The summed E-state index contributed by atoms with van der Waals surface area (Å²) in [5, 5.41) is 43.1. The van der Waals surface area contributed by atoms with E-state index in [1.165, 1.54) is 0 Å². The fraction of sp³-hybridized carbons (Fsp3) is 0.800. The van der Waals surface area contributed by atoms with E-state index in [1.54, 1.807) is 0 Å². The Morgan fingerprint density at radius 1 is 1.27 bits per heavy atom. The summed E-state index contributed by atoms with van der Waals surface area (Å²) in [6.07, 6.45) is -2.34. The molecule has 0 aromatic carbocycles. The fourth-order valence-corrected chi connectivity index (χ4v) is 0.394. The minimum atomic E-state index is -3.36. The van der Waals surface area contributed by atoms with Gasteiger partial charge in [0.15, 0.2) is 6.29 Å². The average molecular weight is 166 g/mol. The smallest absolute Gasteiger partial charge is 0.279 e. The van der Waals surface area contributed by atoms with Crippen LogP contribution in [-0.4, -0.2) is 49.5 Å². The zero-order valence-electron chi connectivity index (χ0n) is 5.80. The lowest BCUT2D eigenvalue weighted by molar-refractivity contribution is -0.358. The van der Waals surface area contributed by atoms with E-state index in [1.807, 2.05) is 0 Å². The molecule has 0 aliphatic heterocycles. The zero-order chi connectivity index (χ0) is 9.28. The van der Waals surface area contributed by atoms with E-state index < -0.39 is 24.0 Å². The van der Waals surface area contributed by atoms with Crippen molar-refractivity contribution < 1.29 is 30.3 Å². The molecule has 0 rings (SSSR count). The first-order chi connectivity index (χ1) is 4.75. The largest absolute Gasteiger partial charge is 0.388 e. The Morgan fingerprint density at radius 2 is 1.64 bits per heavy atom. The second-order valence-corrected chi connectivity index (χ2v) is 2.25. The SMILES string of the molecule is CC(O)C(O)(O)C(O)(O)C=O. The Kier molecular flexibility index (Phi) is 2.70. The number of aliphatic hydroxyl groups is 5. The topological polar surface area (TPSA) is 118 Å². The number of aliphatic hydroxyl groups excluding tert-OH is 1. The average Bonchev–Trinajstić information content (AvgIpc) is 1.87. The van der Waals surface area contributed by atoms with Gasteiger partial charge in [0.05, 0.1) is 0 Å². The molecule has 11 heavy (non-hydrogen) atoms. The van der Waals surface area contributed by atoms with Crippen molar-refractivity contribution in [1.29, 1.82) is 0 Å². The molecule has 0 radical (unpaired) electrons. The predicted octanol–water partition coefficient (Wildman–Crippen LogP) is -3.07. The summed E-state index contributed by atoms with van der Waals surface area (Å²) >= 11 is 0. The Labute approximate surface area is 62.3 Å². The number of aldehydes is 1. The summed E-state index contributed by atoms with van der Waals surface area (Å²) in [7, 11) is 0. The molecule has 5 N–H and O–H groups in total. The number of carbonyl (C=O) groups is 1. The van der Waals surface area contributed by atoms with Crippen molar-refractivity contribution in [2.75, 3.05) is 0 Å². The zero-order valence-corrected chi connectivity index (χ0v) is 5.80. The maximum atomic E-state index is 9.85. The molecule has 0 saturated heterocycles. The van der Waals surface area contributed by atoms with Gasteiger partial charge in [-0.3, -0.25) is 4.79 Å². The van der Waals surface area contributed by atoms with Crippen LogP contribution in [0.15, 0.2) is 0 Å². The first-order valence-electron chi connectivity index (χ1n) is 2.79. The molecule has 0 saturated carbocycles. The molecule has 1 atom stereocenters. The molecule has 0 amide bonds. The van der Waals surface area contributed by atoms with Crippen molar-refractivity contribution in [2.45, 2.75) is 24.6 Å². The van der Waals surface area contributed by atoms with Gasteiger partial charge in [0.25, 0.3) is 11.6 Å². The minimum absolute atomic E-state index is 0.486. The molecule has 0 fully saturated rings. The highest BCUT2D eigenvalue weighted by molar-refractivity contribution is 5.61. The molecule has 0 aliphatic carbocycles. The first-order valence-corrected chi connectivity index (χ1v) is 2.79. The van der Waals surface area contributed by atoms with Gasteiger partial charge in [0, 0.05) is 0 Å². The first kappa shape index (κ1) is 10.5. The van der Waals surface area contributed by atoms with Crippen LogP contribution in [0.1, 0.15) is 6.92 Å². The standard InChI is InChI=1S/C5H10O6/c1-3(7)5(10,11)4(8,9)2-6/h2-3,7-11H,1H3. The number of hydrogen-bond acceptors (Lipinski definition) is 6. The highest BCUT2D eigenvalue weighted by Gasteiger charge is 2.51. The highest BCUT2D eigenvalue weighted by atomic mass is 16.6. The van der Waals surface area contributed by atoms with Crippen LogP contribution < -0.4 is 0 Å². The molecule has 6 nitrogen and oxygen atoms in total. The summed E-state index contributed by atoms with van der Waals surface area (Å²) in [4.78, 5) is 9.85. The van der Waals surface area contributed by atoms with E-state index in [0.29, 0.717) is 0 Å². The van der Waals surface area contributed by atoms with Crippen LogP contribution in [0.2, 0.25) is 0 Å². The number of hydrogen-bond donors (Lipinski definition) is 5. The van der Waals surface area contributed by atoms with Crippen molar-refractivity contribution in [3.63, 3.8) is 0 Å². The van der Waals surface area contributed by atoms with Crippen molar-refractivity contribution in [2.24, 2.45) is 0 Å². The van der Waals surface area contributed by atoms with E-state index >= 15 is 0 Å². The third-order valence-electron chi connectivity index (χ3n) is 1.29. The molecule has 0 aliphatic rings. The van der Waals surface area contributed by atoms with E-state index in [9.17, 15) is 4.79 Å². The Bertz CT molecular complexity index is 149. The van der Waals surface area contributed by atoms with E-state index in [2.05, 4.69) is 0 Å². The summed E-state index contributed by atoms with van der Waals surface area (Å²) in [6, 6.07) is 0. The second-order valence-electron chi connectivity index (χ2n) is 2.25. The van der Waals surface area contributed by atoms with Crippen molar-refractivity contribution >= 4 is 6.29 Å². The van der Waals surface area contributed by atoms with Crippen molar-refractivity contribution in [1.82, 2.24) is 0 Å². The number of carbonyl (C=O) groups excluding carboxylic acids is 1.